The van der Waals surface area contributed by atoms with Crippen molar-refractivity contribution < 1.29 is 4.39 Å². The first-order valence-electron chi connectivity index (χ1n) is 6.98. The molecule has 1 aromatic heterocycles. The van der Waals surface area contributed by atoms with E-state index in [0.717, 1.165) is 22.3 Å². The van der Waals surface area contributed by atoms with E-state index in [1.165, 1.54) is 0 Å². The van der Waals surface area contributed by atoms with Crippen molar-refractivity contribution in [3.8, 4) is 0 Å². The topological polar surface area (TPSA) is 67.4 Å². The first-order valence-corrected chi connectivity index (χ1v) is 6.98. The Kier molecular flexibility index (Phi) is 3.79. The van der Waals surface area contributed by atoms with Crippen molar-refractivity contribution in [3.63, 3.8) is 0 Å². The Labute approximate surface area is 122 Å². The quantitative estimate of drug-likeness (QED) is 0.873. The van der Waals surface area contributed by atoms with E-state index in [2.05, 4.69) is 21.7 Å². The maximum Gasteiger partial charge on any atom is 0.119 e. The van der Waals surface area contributed by atoms with Crippen molar-refractivity contribution in [3.05, 3.63) is 30.1 Å². The molecule has 110 valence electrons. The van der Waals surface area contributed by atoms with Gasteiger partial charge < -0.3 is 10.6 Å². The van der Waals surface area contributed by atoms with Gasteiger partial charge in [-0.15, -0.1) is 0 Å². The van der Waals surface area contributed by atoms with Gasteiger partial charge in [-0.1, -0.05) is 6.07 Å². The summed E-state index contributed by atoms with van der Waals surface area (Å²) in [5.41, 5.74) is 9.33. The summed E-state index contributed by atoms with van der Waals surface area (Å²) in [5, 5.41) is 0. The number of hydrogen-bond acceptors (Lipinski definition) is 5. The number of nitrogens with zero attached hydrogens (tertiary/aromatic N) is 4. The Morgan fingerprint density at radius 1 is 1.29 bits per heavy atom. The van der Waals surface area contributed by atoms with Crippen LogP contribution in [0.4, 0.5) is 10.1 Å². The van der Waals surface area contributed by atoms with Crippen LogP contribution in [0.1, 0.15) is 12.0 Å². The Morgan fingerprint density at radius 2 is 2.05 bits per heavy atom. The fourth-order valence-corrected chi connectivity index (χ4v) is 2.87. The van der Waals surface area contributed by atoms with Crippen LogP contribution in [0.3, 0.4) is 0 Å². The van der Waals surface area contributed by atoms with Crippen LogP contribution in [-0.2, 0) is 6.54 Å². The molecule has 6 heteroatoms. The molecule has 1 aromatic carbocycles. The molecule has 2 atom stereocenters. The van der Waals surface area contributed by atoms with E-state index in [9.17, 15) is 4.39 Å². The molecule has 2 heterocycles. The highest BCUT2D eigenvalue weighted by molar-refractivity contribution is 5.90. The average Bonchev–Trinajstić information content (AvgIpc) is 2.47. The molecule has 0 aliphatic carbocycles. The first-order chi connectivity index (χ1) is 10.2. The Bertz CT molecular complexity index is 650. The van der Waals surface area contributed by atoms with Crippen molar-refractivity contribution in [1.29, 1.82) is 0 Å². The van der Waals surface area contributed by atoms with E-state index >= 15 is 0 Å². The van der Waals surface area contributed by atoms with Crippen molar-refractivity contribution in [1.82, 2.24) is 9.97 Å². The molecule has 2 N–H and O–H groups in total. The zero-order valence-electron chi connectivity index (χ0n) is 11.7. The minimum atomic E-state index is -0.907. The number of nitrogens with two attached hydrogens (primary N) is 1. The SMILES string of the molecule is C=NCc1ccc(N2C[C@@H](N)C[C@@H](F)C2)c2nccnc12. The standard InChI is InChI=1S/C15H18FN5/c1-18-7-10-2-3-13(15-14(10)19-4-5-20-15)21-8-11(16)6-12(17)9-21/h2-5,11-12H,1,6-9,17H2/t11-,12+/m1/s1. The van der Waals surface area contributed by atoms with Crippen LogP contribution in [0.2, 0.25) is 0 Å². The van der Waals surface area contributed by atoms with E-state index in [4.69, 9.17) is 5.73 Å². The van der Waals surface area contributed by atoms with E-state index < -0.39 is 6.17 Å². The normalized spacial score (nSPS) is 22.5. The number of aromatic nitrogens is 2. The molecule has 0 spiro atoms. The summed E-state index contributed by atoms with van der Waals surface area (Å²) < 4.78 is 13.8. The molecule has 0 amide bonds. The second-order valence-electron chi connectivity index (χ2n) is 5.38. The monoisotopic (exact) mass is 287 g/mol. The molecule has 0 radical (unpaired) electrons. The molecule has 1 aliphatic heterocycles. The van der Waals surface area contributed by atoms with Crippen molar-refractivity contribution in [2.45, 2.75) is 25.2 Å². The summed E-state index contributed by atoms with van der Waals surface area (Å²) in [6, 6.07) is 3.74. The third-order valence-electron chi connectivity index (χ3n) is 3.74. The van der Waals surface area contributed by atoms with Gasteiger partial charge in [0.15, 0.2) is 0 Å². The lowest BCUT2D eigenvalue weighted by atomic mass is 10.0. The van der Waals surface area contributed by atoms with E-state index in [1.807, 2.05) is 17.0 Å². The number of hydrogen-bond donors (Lipinski definition) is 1. The molecule has 0 saturated carbocycles. The predicted octanol–water partition coefficient (Wildman–Crippen LogP) is 1.71. The summed E-state index contributed by atoms with van der Waals surface area (Å²) >= 11 is 0. The number of alkyl halides is 1. The van der Waals surface area contributed by atoms with Gasteiger partial charge in [-0.05, 0) is 19.2 Å². The number of anilines is 1. The Hall–Kier alpha value is -2.08. The fourth-order valence-electron chi connectivity index (χ4n) is 2.87. The van der Waals surface area contributed by atoms with Gasteiger partial charge in [0, 0.05) is 37.1 Å². The summed E-state index contributed by atoms with van der Waals surface area (Å²) in [4.78, 5) is 14.7. The molecule has 3 rings (SSSR count). The van der Waals surface area contributed by atoms with Gasteiger partial charge in [0.1, 0.15) is 11.7 Å². The van der Waals surface area contributed by atoms with Gasteiger partial charge in [0.05, 0.1) is 17.7 Å². The lowest BCUT2D eigenvalue weighted by molar-refractivity contribution is 0.269. The van der Waals surface area contributed by atoms with Crippen LogP contribution in [0.25, 0.3) is 11.0 Å². The largest absolute Gasteiger partial charge is 0.365 e. The van der Waals surface area contributed by atoms with Gasteiger partial charge in [-0.25, -0.2) is 4.39 Å². The van der Waals surface area contributed by atoms with Gasteiger partial charge in [0.25, 0.3) is 0 Å². The van der Waals surface area contributed by atoms with Gasteiger partial charge in [-0.2, -0.15) is 0 Å². The fraction of sp³-hybridized carbons (Fsp3) is 0.400. The van der Waals surface area contributed by atoms with Crippen molar-refractivity contribution in [2.24, 2.45) is 10.7 Å². The molecular weight excluding hydrogens is 269 g/mol. The Balaban J connectivity index is 2.07. The third kappa shape index (κ3) is 2.71. The molecule has 21 heavy (non-hydrogen) atoms. The van der Waals surface area contributed by atoms with Crippen molar-refractivity contribution >= 4 is 23.4 Å². The van der Waals surface area contributed by atoms with E-state index in [1.54, 1.807) is 12.4 Å². The lowest BCUT2D eigenvalue weighted by Crippen LogP contribution is -2.48. The molecule has 1 fully saturated rings. The van der Waals surface area contributed by atoms with Gasteiger partial charge in [-0.3, -0.25) is 15.0 Å². The second kappa shape index (κ2) is 5.73. The maximum atomic E-state index is 13.8. The summed E-state index contributed by atoms with van der Waals surface area (Å²) in [6.07, 6.45) is 2.81. The molecular formula is C15H18FN5. The van der Waals surface area contributed by atoms with Crippen molar-refractivity contribution in [2.75, 3.05) is 18.0 Å². The van der Waals surface area contributed by atoms with Crippen LogP contribution in [0.5, 0.6) is 0 Å². The number of aliphatic imine (C=N–C) groups is 1. The predicted molar refractivity (Wildman–Crippen MR) is 82.5 cm³/mol. The molecule has 1 aliphatic rings. The zero-order valence-corrected chi connectivity index (χ0v) is 11.7. The van der Waals surface area contributed by atoms with Gasteiger partial charge in [0.2, 0.25) is 0 Å². The van der Waals surface area contributed by atoms with E-state index in [-0.39, 0.29) is 6.04 Å². The number of rotatable bonds is 3. The molecule has 2 aromatic rings. The van der Waals surface area contributed by atoms with Crippen LogP contribution in [-0.4, -0.2) is 42.0 Å². The van der Waals surface area contributed by atoms with Gasteiger partial charge >= 0.3 is 0 Å². The van der Waals surface area contributed by atoms with Crippen LogP contribution in [0, 0.1) is 0 Å². The highest BCUT2D eigenvalue weighted by atomic mass is 19.1. The van der Waals surface area contributed by atoms with E-state index in [0.29, 0.717) is 26.1 Å². The molecule has 0 bridgehead atoms. The lowest BCUT2D eigenvalue weighted by Gasteiger charge is -2.35. The molecule has 0 unspecified atom stereocenters. The number of fused-ring (bicyclic) bond motifs is 1. The summed E-state index contributed by atoms with van der Waals surface area (Å²) in [7, 11) is 0. The summed E-state index contributed by atoms with van der Waals surface area (Å²) in [6.45, 7) is 4.98. The maximum absolute atomic E-state index is 13.8. The average molecular weight is 287 g/mol. The van der Waals surface area contributed by atoms with Crippen LogP contribution >= 0.6 is 0 Å². The smallest absolute Gasteiger partial charge is 0.119 e. The minimum Gasteiger partial charge on any atom is -0.365 e. The third-order valence-corrected chi connectivity index (χ3v) is 3.74. The second-order valence-corrected chi connectivity index (χ2v) is 5.38. The number of halogens is 1. The van der Waals surface area contributed by atoms with Crippen LogP contribution < -0.4 is 10.6 Å². The Morgan fingerprint density at radius 3 is 2.76 bits per heavy atom. The zero-order chi connectivity index (χ0) is 14.8. The highest BCUT2D eigenvalue weighted by Crippen LogP contribution is 2.29. The van der Waals surface area contributed by atoms with Crippen LogP contribution in [0.15, 0.2) is 29.5 Å². The first kappa shape index (κ1) is 13.9. The highest BCUT2D eigenvalue weighted by Gasteiger charge is 2.26. The summed E-state index contributed by atoms with van der Waals surface area (Å²) in [5.74, 6) is 0. The number of piperidine rings is 1. The number of benzene rings is 1. The molecule has 5 nitrogen and oxygen atoms in total. The minimum absolute atomic E-state index is 0.157. The molecule has 1 saturated heterocycles.